The minimum Gasteiger partial charge on any atom is -0.744 e. The predicted molar refractivity (Wildman–Crippen MR) is 138 cm³/mol. The molecule has 0 aliphatic rings. The van der Waals surface area contributed by atoms with Crippen LogP contribution in [0.25, 0.3) is 0 Å². The van der Waals surface area contributed by atoms with Gasteiger partial charge in [0.1, 0.15) is 25.6 Å². The maximum Gasteiger partial charge on any atom is 1.00 e. The van der Waals surface area contributed by atoms with Crippen molar-refractivity contribution in [3.8, 4) is 0 Å². The van der Waals surface area contributed by atoms with E-state index in [9.17, 15) is 35.5 Å². The molecule has 0 spiro atoms. The fraction of sp³-hybridized carbons (Fsp3) is 0. The molecule has 41 heavy (non-hydrogen) atoms. The summed E-state index contributed by atoms with van der Waals surface area (Å²) < 4.78 is 68.7. The van der Waals surface area contributed by atoms with Crippen LogP contribution in [0, 0.1) is 0 Å². The summed E-state index contributed by atoms with van der Waals surface area (Å²) in [6.45, 7) is 0. The van der Waals surface area contributed by atoms with E-state index in [2.05, 4.69) is 26.4 Å². The second kappa shape index (κ2) is 14.5. The maximum absolute atomic E-state index is 12.8. The third kappa shape index (κ3) is 9.14. The minimum atomic E-state index is -4.90. The number of benzene rings is 4. The van der Waals surface area contributed by atoms with Gasteiger partial charge in [-0.05, 0) is 66.7 Å². The molecule has 0 amide bonds. The van der Waals surface area contributed by atoms with Crippen LogP contribution in [0.4, 0.5) is 22.7 Å². The third-order valence-electron chi connectivity index (χ3n) is 5.12. The molecular weight excluding hydrogens is 596 g/mol. The zero-order chi connectivity index (χ0) is 28.2. The number of hydrogen-bond donors (Lipinski definition) is 3. The van der Waals surface area contributed by atoms with E-state index in [0.717, 1.165) is 30.3 Å². The molecule has 0 aromatic heterocycles. The van der Waals surface area contributed by atoms with Crippen molar-refractivity contribution in [3.63, 3.8) is 0 Å². The Kier molecular flexibility index (Phi) is 12.2. The molecule has 0 saturated carbocycles. The van der Waals surface area contributed by atoms with Crippen molar-refractivity contribution in [3.05, 3.63) is 116 Å². The number of anilines is 4. The topological polar surface area (TPSA) is 209 Å². The first-order valence-electron chi connectivity index (χ1n) is 10.8. The molecule has 0 aliphatic carbocycles. The summed E-state index contributed by atoms with van der Waals surface area (Å²) >= 11 is 0. The molecule has 200 valence electrons. The van der Waals surface area contributed by atoms with Crippen LogP contribution in [-0.4, -0.2) is 25.9 Å². The van der Waals surface area contributed by atoms with E-state index in [1.165, 1.54) is 24.3 Å². The molecule has 0 atom stereocenters. The van der Waals surface area contributed by atoms with E-state index >= 15 is 0 Å². The molecule has 0 bridgehead atoms. The summed E-state index contributed by atoms with van der Waals surface area (Å²) in [5, 5.41) is 9.73. The zero-order valence-corrected chi connectivity index (χ0v) is 27.2. The predicted octanol–water partition coefficient (Wildman–Crippen LogP) is -5.30. The van der Waals surface area contributed by atoms with Crippen LogP contribution >= 0.6 is 0 Å². The van der Waals surface area contributed by atoms with E-state index in [0.29, 0.717) is 5.69 Å². The molecule has 4 aromatic rings. The Hall–Kier alpha value is -2.70. The van der Waals surface area contributed by atoms with Crippen LogP contribution in [0.1, 0.15) is 0 Å². The van der Waals surface area contributed by atoms with Gasteiger partial charge < -0.3 is 14.4 Å². The molecule has 0 fully saturated rings. The Bertz CT molecular complexity index is 1980. The summed E-state index contributed by atoms with van der Waals surface area (Å²) in [4.78, 5) is 23.9. The van der Waals surface area contributed by atoms with Gasteiger partial charge in [-0.2, -0.15) is 10.2 Å². The quantitative estimate of drug-likeness (QED) is 0.0971. The molecule has 0 saturated heterocycles. The van der Waals surface area contributed by atoms with E-state index in [-0.39, 0.29) is 81.5 Å². The van der Waals surface area contributed by atoms with Crippen LogP contribution in [0.2, 0.25) is 0 Å². The third-order valence-corrected chi connectivity index (χ3v) is 6.85. The second-order valence-corrected chi connectivity index (χ2v) is 10.6. The Morgan fingerprint density at radius 3 is 1.85 bits per heavy atom. The summed E-state index contributed by atoms with van der Waals surface area (Å²) in [6, 6.07) is 19.1. The van der Waals surface area contributed by atoms with Crippen LogP contribution in [0.15, 0.2) is 115 Å². The average Bonchev–Trinajstić information content (AvgIpc) is 2.88. The van der Waals surface area contributed by atoms with Gasteiger partial charge in [0.25, 0.3) is 0 Å². The maximum atomic E-state index is 12.8. The average molecular weight is 614 g/mol. The second-order valence-electron chi connectivity index (χ2n) is 7.84. The molecule has 13 nitrogen and oxygen atoms in total. The fourth-order valence-electron chi connectivity index (χ4n) is 3.26. The van der Waals surface area contributed by atoms with E-state index in [4.69, 9.17) is 0 Å². The summed E-state index contributed by atoms with van der Waals surface area (Å²) in [5.74, 6) is 0. The fourth-order valence-corrected chi connectivity index (χ4v) is 4.39. The molecule has 4 aromatic carbocycles. The standard InChI is InChI=1S/C24H19N5O8S2.2Na/c30-21-13-12-20(24(31)23(21)29-26-16-6-9-18(10-7-16)38(32,33)34)28-27-17-8-11-19(22(14-17)39(35,36)37)25-15-4-2-1-3-5-15;;/h1-14,25-27H,(H,32,33,34)(H,35,36,37);;/q;2*+1/p-2/b28-20+,29-23+;;. The van der Waals surface area contributed by atoms with Crippen molar-refractivity contribution in [2.45, 2.75) is 9.79 Å². The number of nitrogens with one attached hydrogen (secondary N) is 3. The molecule has 0 unspecified atom stereocenters. The number of hydrogen-bond acceptors (Lipinski definition) is 13. The summed E-state index contributed by atoms with van der Waals surface area (Å²) in [7, 11) is -9.54. The van der Waals surface area contributed by atoms with Gasteiger partial charge in [-0.15, -0.1) is 0 Å². The number of nitrogens with zero attached hydrogens (tertiary/aromatic N) is 2. The van der Waals surface area contributed by atoms with Gasteiger partial charge in [-0.1, -0.05) is 18.2 Å². The summed E-state index contributed by atoms with van der Waals surface area (Å²) in [6.07, 6.45) is 0. The Morgan fingerprint density at radius 2 is 1.24 bits per heavy atom. The van der Waals surface area contributed by atoms with Crippen molar-refractivity contribution in [2.75, 3.05) is 16.2 Å². The molecule has 4 rings (SSSR count). The van der Waals surface area contributed by atoms with Gasteiger partial charge in [0.15, 0.2) is 5.36 Å². The number of rotatable bonds is 8. The van der Waals surface area contributed by atoms with Crippen LogP contribution in [0.5, 0.6) is 0 Å². The van der Waals surface area contributed by atoms with Crippen molar-refractivity contribution < 1.29 is 85.1 Å². The SMILES string of the molecule is O=c1cc/c(=N\Nc2ccc(Nc3ccccc3)c(S(=O)(=O)[O-])c2)c(=O)/c1=N/Nc1ccc(S(=O)(=O)[O-])cc1.[Na+].[Na+]. The normalized spacial score (nSPS) is 12.1. The van der Waals surface area contributed by atoms with E-state index < -0.39 is 46.2 Å². The van der Waals surface area contributed by atoms with Crippen molar-refractivity contribution in [1.29, 1.82) is 0 Å². The first-order chi connectivity index (χ1) is 18.4. The van der Waals surface area contributed by atoms with Gasteiger partial charge in [-0.3, -0.25) is 20.4 Å². The molecule has 0 aliphatic heterocycles. The van der Waals surface area contributed by atoms with Crippen LogP contribution in [-0.2, 0) is 20.2 Å². The number of para-hydroxylation sites is 1. The van der Waals surface area contributed by atoms with Crippen molar-refractivity contribution >= 4 is 43.0 Å². The van der Waals surface area contributed by atoms with Gasteiger partial charge in [0.2, 0.25) is 10.9 Å². The zero-order valence-electron chi connectivity index (χ0n) is 21.6. The Morgan fingerprint density at radius 1 is 0.634 bits per heavy atom. The monoisotopic (exact) mass is 613 g/mol. The smallest absolute Gasteiger partial charge is 0.744 e. The van der Waals surface area contributed by atoms with Gasteiger partial charge in [0.05, 0.1) is 26.9 Å². The largest absolute Gasteiger partial charge is 1.00 e. The molecule has 0 radical (unpaired) electrons. The van der Waals surface area contributed by atoms with Gasteiger partial charge in [0, 0.05) is 5.69 Å². The molecule has 3 N–H and O–H groups in total. The molecule has 17 heteroatoms. The van der Waals surface area contributed by atoms with E-state index in [1.807, 2.05) is 0 Å². The Balaban J connectivity index is 0.00000294. The Labute approximate surface area is 277 Å². The van der Waals surface area contributed by atoms with Gasteiger partial charge in [-0.25, -0.2) is 16.8 Å². The summed E-state index contributed by atoms with van der Waals surface area (Å²) in [5.41, 5.74) is 4.16. The van der Waals surface area contributed by atoms with Crippen LogP contribution in [0.3, 0.4) is 0 Å². The van der Waals surface area contributed by atoms with Gasteiger partial charge >= 0.3 is 59.1 Å². The molecule has 0 heterocycles. The first kappa shape index (κ1) is 34.5. The van der Waals surface area contributed by atoms with Crippen molar-refractivity contribution in [2.24, 2.45) is 10.2 Å². The first-order valence-corrected chi connectivity index (χ1v) is 13.7. The molecular formula is C24H17N5Na2O8S2. The van der Waals surface area contributed by atoms with Crippen molar-refractivity contribution in [1.82, 2.24) is 0 Å². The van der Waals surface area contributed by atoms with Crippen LogP contribution < -0.4 is 96.9 Å². The minimum absolute atomic E-state index is 0. The van der Waals surface area contributed by atoms with E-state index in [1.54, 1.807) is 30.3 Å².